The molecule has 0 aliphatic carbocycles. The fourth-order valence-electron chi connectivity index (χ4n) is 3.60. The first kappa shape index (κ1) is 18.5. The molecule has 1 saturated heterocycles. The van der Waals surface area contributed by atoms with Crippen LogP contribution in [0.4, 0.5) is 0 Å². The van der Waals surface area contributed by atoms with Crippen molar-refractivity contribution in [2.75, 3.05) is 26.2 Å². The van der Waals surface area contributed by atoms with Crippen molar-refractivity contribution >= 4 is 15.9 Å². The van der Waals surface area contributed by atoms with Crippen LogP contribution in [0.2, 0.25) is 0 Å². The molecule has 28 heavy (non-hydrogen) atoms. The number of sulfonamides is 1. The summed E-state index contributed by atoms with van der Waals surface area (Å²) in [6, 6.07) is 15.7. The maximum atomic E-state index is 12.9. The second-order valence-corrected chi connectivity index (χ2v) is 8.66. The van der Waals surface area contributed by atoms with Gasteiger partial charge in [0.1, 0.15) is 11.8 Å². The van der Waals surface area contributed by atoms with E-state index in [-0.39, 0.29) is 29.5 Å². The first-order chi connectivity index (χ1) is 13.5. The van der Waals surface area contributed by atoms with Crippen molar-refractivity contribution in [2.45, 2.75) is 17.4 Å². The van der Waals surface area contributed by atoms with Crippen LogP contribution >= 0.6 is 0 Å². The van der Waals surface area contributed by atoms with E-state index in [2.05, 4.69) is 0 Å². The van der Waals surface area contributed by atoms with E-state index in [1.807, 2.05) is 30.3 Å². The van der Waals surface area contributed by atoms with Gasteiger partial charge in [0, 0.05) is 32.6 Å². The van der Waals surface area contributed by atoms with Gasteiger partial charge in [-0.15, -0.1) is 0 Å². The van der Waals surface area contributed by atoms with E-state index in [1.165, 1.54) is 16.4 Å². The molecule has 8 heteroatoms. The molecule has 2 aliphatic rings. The first-order valence-corrected chi connectivity index (χ1v) is 10.5. The number of benzene rings is 2. The SMILES string of the molecule is N#Cc1ccccc1S(=O)(=O)N1CCN(C(=O)C2Cc3ccccc3O2)CC1. The normalized spacial score (nSPS) is 19.5. The van der Waals surface area contributed by atoms with E-state index in [0.717, 1.165) is 11.3 Å². The number of ether oxygens (including phenoxy) is 1. The van der Waals surface area contributed by atoms with Crippen LogP contribution in [0.3, 0.4) is 0 Å². The number of para-hydroxylation sites is 1. The number of piperazine rings is 1. The van der Waals surface area contributed by atoms with Crippen molar-refractivity contribution in [1.82, 2.24) is 9.21 Å². The van der Waals surface area contributed by atoms with Gasteiger partial charge in [-0.2, -0.15) is 9.57 Å². The third-order valence-corrected chi connectivity index (χ3v) is 7.06. The number of carbonyl (C=O) groups excluding carboxylic acids is 1. The van der Waals surface area contributed by atoms with Crippen LogP contribution in [0.25, 0.3) is 0 Å². The Labute approximate surface area is 163 Å². The molecule has 0 bridgehead atoms. The minimum atomic E-state index is -3.78. The molecule has 4 rings (SSSR count). The van der Waals surface area contributed by atoms with Crippen molar-refractivity contribution in [3.63, 3.8) is 0 Å². The lowest BCUT2D eigenvalue weighted by Gasteiger charge is -2.35. The van der Waals surface area contributed by atoms with E-state index in [1.54, 1.807) is 17.0 Å². The van der Waals surface area contributed by atoms with Crippen molar-refractivity contribution in [3.05, 3.63) is 59.7 Å². The molecule has 2 heterocycles. The van der Waals surface area contributed by atoms with E-state index < -0.39 is 16.1 Å². The summed E-state index contributed by atoms with van der Waals surface area (Å²) < 4.78 is 32.9. The Hall–Kier alpha value is -2.89. The largest absolute Gasteiger partial charge is 0.480 e. The van der Waals surface area contributed by atoms with Crippen molar-refractivity contribution in [3.8, 4) is 11.8 Å². The highest BCUT2D eigenvalue weighted by molar-refractivity contribution is 7.89. The minimum absolute atomic E-state index is 0.00634. The molecular weight excluding hydrogens is 378 g/mol. The zero-order chi connectivity index (χ0) is 19.7. The molecule has 0 N–H and O–H groups in total. The maximum Gasteiger partial charge on any atom is 0.264 e. The summed E-state index contributed by atoms with van der Waals surface area (Å²) in [5.41, 5.74) is 1.13. The van der Waals surface area contributed by atoms with Gasteiger partial charge in [-0.3, -0.25) is 4.79 Å². The van der Waals surface area contributed by atoms with Crippen molar-refractivity contribution in [2.24, 2.45) is 0 Å². The highest BCUT2D eigenvalue weighted by Crippen LogP contribution is 2.29. The summed E-state index contributed by atoms with van der Waals surface area (Å²) in [6.07, 6.45) is -0.0249. The Morgan fingerprint density at radius 2 is 1.71 bits per heavy atom. The Bertz CT molecular complexity index is 1030. The molecule has 0 aromatic heterocycles. The lowest BCUT2D eigenvalue weighted by atomic mass is 10.1. The highest BCUT2D eigenvalue weighted by Gasteiger charge is 2.36. The molecule has 1 unspecified atom stereocenters. The number of rotatable bonds is 3. The summed E-state index contributed by atoms with van der Waals surface area (Å²) in [5, 5.41) is 9.19. The van der Waals surface area contributed by atoms with Gasteiger partial charge < -0.3 is 9.64 Å². The Morgan fingerprint density at radius 1 is 1.04 bits per heavy atom. The number of hydrogen-bond donors (Lipinski definition) is 0. The maximum absolute atomic E-state index is 12.9. The van der Waals surface area contributed by atoms with Gasteiger partial charge in [-0.25, -0.2) is 8.42 Å². The van der Waals surface area contributed by atoms with E-state index in [4.69, 9.17) is 4.74 Å². The average Bonchev–Trinajstić information content (AvgIpc) is 3.17. The number of fused-ring (bicyclic) bond motifs is 1. The minimum Gasteiger partial charge on any atom is -0.480 e. The van der Waals surface area contributed by atoms with Crippen LogP contribution in [0.5, 0.6) is 5.75 Å². The molecular formula is C20H19N3O4S. The Balaban J connectivity index is 1.42. The van der Waals surface area contributed by atoms with E-state index in [0.29, 0.717) is 19.5 Å². The summed E-state index contributed by atoms with van der Waals surface area (Å²) in [5.74, 6) is 0.612. The van der Waals surface area contributed by atoms with Crippen LogP contribution in [0.15, 0.2) is 53.4 Å². The van der Waals surface area contributed by atoms with E-state index in [9.17, 15) is 18.5 Å². The van der Waals surface area contributed by atoms with Crippen LogP contribution in [-0.2, 0) is 21.2 Å². The molecule has 2 aliphatic heterocycles. The Kier molecular flexibility index (Phi) is 4.79. The second kappa shape index (κ2) is 7.26. The number of amides is 1. The van der Waals surface area contributed by atoms with Crippen LogP contribution in [0.1, 0.15) is 11.1 Å². The molecule has 7 nitrogen and oxygen atoms in total. The summed E-state index contributed by atoms with van der Waals surface area (Å²) in [7, 11) is -3.78. The van der Waals surface area contributed by atoms with Gasteiger partial charge in [-0.05, 0) is 23.8 Å². The molecule has 2 aromatic rings. The zero-order valence-electron chi connectivity index (χ0n) is 15.1. The third kappa shape index (κ3) is 3.23. The van der Waals surface area contributed by atoms with Crippen molar-refractivity contribution in [1.29, 1.82) is 5.26 Å². The zero-order valence-corrected chi connectivity index (χ0v) is 15.9. The topological polar surface area (TPSA) is 90.7 Å². The van der Waals surface area contributed by atoms with Gasteiger partial charge in [-0.1, -0.05) is 30.3 Å². The standard InChI is InChI=1S/C20H19N3O4S/c21-14-16-6-2-4-8-19(16)28(25,26)23-11-9-22(10-12-23)20(24)18-13-15-5-1-3-7-17(15)27-18/h1-8,18H,9-13H2. The number of carbonyl (C=O) groups is 1. The molecule has 1 atom stereocenters. The smallest absolute Gasteiger partial charge is 0.264 e. The number of hydrogen-bond acceptors (Lipinski definition) is 5. The summed E-state index contributed by atoms with van der Waals surface area (Å²) >= 11 is 0. The van der Waals surface area contributed by atoms with Crippen LogP contribution in [-0.4, -0.2) is 55.8 Å². The van der Waals surface area contributed by atoms with Gasteiger partial charge >= 0.3 is 0 Å². The molecule has 0 radical (unpaired) electrons. The molecule has 144 valence electrons. The average molecular weight is 397 g/mol. The third-order valence-electron chi connectivity index (χ3n) is 5.10. The second-order valence-electron chi connectivity index (χ2n) is 6.76. The quantitative estimate of drug-likeness (QED) is 0.781. The summed E-state index contributed by atoms with van der Waals surface area (Å²) in [4.78, 5) is 14.4. The van der Waals surface area contributed by atoms with Crippen LogP contribution < -0.4 is 4.74 Å². The van der Waals surface area contributed by atoms with E-state index >= 15 is 0 Å². The molecule has 0 spiro atoms. The first-order valence-electron chi connectivity index (χ1n) is 9.03. The fourth-order valence-corrected chi connectivity index (χ4v) is 5.16. The fraction of sp³-hybridized carbons (Fsp3) is 0.300. The monoisotopic (exact) mass is 397 g/mol. The van der Waals surface area contributed by atoms with Crippen LogP contribution in [0, 0.1) is 11.3 Å². The lowest BCUT2D eigenvalue weighted by Crippen LogP contribution is -2.53. The summed E-state index contributed by atoms with van der Waals surface area (Å²) in [6.45, 7) is 0.965. The molecule has 1 amide bonds. The Morgan fingerprint density at radius 3 is 2.43 bits per heavy atom. The van der Waals surface area contributed by atoms with Crippen molar-refractivity contribution < 1.29 is 17.9 Å². The number of nitriles is 1. The number of nitrogens with zero attached hydrogens (tertiary/aromatic N) is 3. The van der Waals surface area contributed by atoms with Gasteiger partial charge in [0.15, 0.2) is 6.10 Å². The molecule has 0 saturated carbocycles. The van der Waals surface area contributed by atoms with Gasteiger partial charge in [0.05, 0.1) is 10.5 Å². The highest BCUT2D eigenvalue weighted by atomic mass is 32.2. The molecule has 1 fully saturated rings. The van der Waals surface area contributed by atoms with Gasteiger partial charge in [0.2, 0.25) is 10.0 Å². The van der Waals surface area contributed by atoms with Gasteiger partial charge in [0.25, 0.3) is 5.91 Å². The predicted molar refractivity (Wildman–Crippen MR) is 101 cm³/mol. The molecule has 2 aromatic carbocycles. The lowest BCUT2D eigenvalue weighted by molar-refractivity contribution is -0.139. The predicted octanol–water partition coefficient (Wildman–Crippen LogP) is 1.39.